The molecule has 2 aromatic rings. The first-order valence-electron chi connectivity index (χ1n) is 9.64. The van der Waals surface area contributed by atoms with E-state index in [0.29, 0.717) is 12.2 Å². The van der Waals surface area contributed by atoms with Gasteiger partial charge in [-0.25, -0.2) is 4.39 Å². The Kier molecular flexibility index (Phi) is 4.98. The van der Waals surface area contributed by atoms with E-state index in [1.54, 1.807) is 31.4 Å². The van der Waals surface area contributed by atoms with Gasteiger partial charge in [-0.1, -0.05) is 6.07 Å². The van der Waals surface area contributed by atoms with Crippen molar-refractivity contribution in [1.82, 2.24) is 4.90 Å². The van der Waals surface area contributed by atoms with Gasteiger partial charge < -0.3 is 15.2 Å². The summed E-state index contributed by atoms with van der Waals surface area (Å²) in [7, 11) is 1.61. The topological polar surface area (TPSA) is 61.8 Å². The van der Waals surface area contributed by atoms with E-state index >= 15 is 0 Å². The van der Waals surface area contributed by atoms with Crippen molar-refractivity contribution in [2.75, 3.05) is 25.5 Å². The minimum Gasteiger partial charge on any atom is -0.508 e. The summed E-state index contributed by atoms with van der Waals surface area (Å²) in [5, 5.41) is 12.9. The number of nitrogens with zero attached hydrogens (tertiary/aromatic N) is 1. The third-order valence-corrected chi connectivity index (χ3v) is 6.13. The minimum absolute atomic E-state index is 0.00291. The van der Waals surface area contributed by atoms with E-state index in [1.165, 1.54) is 12.1 Å². The molecule has 1 saturated carbocycles. The number of carbonyl (C=O) groups excluding carboxylic acids is 1. The van der Waals surface area contributed by atoms with Crippen molar-refractivity contribution < 1.29 is 19.0 Å². The van der Waals surface area contributed by atoms with E-state index in [-0.39, 0.29) is 28.8 Å². The Morgan fingerprint density at radius 3 is 2.79 bits per heavy atom. The summed E-state index contributed by atoms with van der Waals surface area (Å²) < 4.78 is 18.5. The number of benzene rings is 2. The molecule has 1 amide bonds. The molecule has 0 aromatic heterocycles. The molecule has 6 heteroatoms. The van der Waals surface area contributed by atoms with Gasteiger partial charge in [0.05, 0.1) is 7.11 Å². The second kappa shape index (κ2) is 7.43. The first kappa shape index (κ1) is 18.7. The quantitative estimate of drug-likeness (QED) is 0.824. The zero-order chi connectivity index (χ0) is 19.7. The molecule has 1 atom stereocenters. The second-order valence-electron chi connectivity index (χ2n) is 7.89. The summed E-state index contributed by atoms with van der Waals surface area (Å²) in [5.74, 6) is 0.655. The number of nitrogens with one attached hydrogen (secondary N) is 1. The highest BCUT2D eigenvalue weighted by Gasteiger charge is 2.58. The van der Waals surface area contributed by atoms with Gasteiger partial charge in [0.1, 0.15) is 17.3 Å². The Labute approximate surface area is 164 Å². The number of amides is 1. The number of phenolic OH excluding ortho intramolecular Hbond substituents is 1. The number of piperidine rings is 1. The lowest BCUT2D eigenvalue weighted by Crippen LogP contribution is -2.35. The molecule has 1 heterocycles. The second-order valence-corrected chi connectivity index (χ2v) is 7.89. The number of ether oxygens (including phenoxy) is 1. The summed E-state index contributed by atoms with van der Waals surface area (Å²) >= 11 is 0. The third-order valence-electron chi connectivity index (χ3n) is 6.13. The molecule has 2 N–H and O–H groups in total. The fourth-order valence-electron chi connectivity index (χ4n) is 4.28. The number of likely N-dealkylation sites (tertiary alicyclic amines) is 1. The normalized spacial score (nSPS) is 20.7. The fourth-order valence-corrected chi connectivity index (χ4v) is 4.28. The Morgan fingerprint density at radius 2 is 2.07 bits per heavy atom. The molecule has 28 heavy (non-hydrogen) atoms. The Balaban J connectivity index is 1.32. The molecule has 1 spiro atoms. The lowest BCUT2D eigenvalue weighted by atomic mass is 9.90. The van der Waals surface area contributed by atoms with Gasteiger partial charge in [0.15, 0.2) is 0 Å². The van der Waals surface area contributed by atoms with Crippen molar-refractivity contribution in [2.45, 2.75) is 25.8 Å². The molecule has 5 nitrogen and oxygen atoms in total. The summed E-state index contributed by atoms with van der Waals surface area (Å²) in [4.78, 5) is 14.9. The smallest absolute Gasteiger partial charge is 0.228 e. The Bertz CT molecular complexity index is 878. The third kappa shape index (κ3) is 3.83. The maximum atomic E-state index is 13.3. The molecule has 148 valence electrons. The molecular weight excluding hydrogens is 359 g/mol. The number of phenols is 1. The number of hydrogen-bond acceptors (Lipinski definition) is 4. The van der Waals surface area contributed by atoms with Crippen LogP contribution in [0.2, 0.25) is 0 Å². The predicted octanol–water partition coefficient (Wildman–Crippen LogP) is 3.78. The van der Waals surface area contributed by atoms with Gasteiger partial charge in [0.2, 0.25) is 5.91 Å². The highest BCUT2D eigenvalue weighted by atomic mass is 19.1. The van der Waals surface area contributed by atoms with Crippen LogP contribution in [0, 0.1) is 17.2 Å². The van der Waals surface area contributed by atoms with E-state index in [0.717, 1.165) is 43.7 Å². The van der Waals surface area contributed by atoms with Crippen LogP contribution in [0.5, 0.6) is 11.5 Å². The number of hydrogen-bond donors (Lipinski definition) is 2. The van der Waals surface area contributed by atoms with E-state index in [2.05, 4.69) is 10.2 Å². The lowest BCUT2D eigenvalue weighted by Gasteiger charge is -2.33. The number of anilines is 1. The average molecular weight is 384 g/mol. The molecule has 2 aliphatic rings. The molecule has 1 unspecified atom stereocenters. The zero-order valence-electron chi connectivity index (χ0n) is 16.0. The van der Waals surface area contributed by atoms with Crippen LogP contribution >= 0.6 is 0 Å². The van der Waals surface area contributed by atoms with Gasteiger partial charge in [-0.2, -0.15) is 0 Å². The molecule has 2 fully saturated rings. The van der Waals surface area contributed by atoms with Crippen molar-refractivity contribution in [3.8, 4) is 11.5 Å². The van der Waals surface area contributed by atoms with Gasteiger partial charge >= 0.3 is 0 Å². The van der Waals surface area contributed by atoms with Crippen LogP contribution in [-0.2, 0) is 11.3 Å². The molecule has 1 saturated heterocycles. The molecule has 0 bridgehead atoms. The Hall–Kier alpha value is -2.60. The minimum atomic E-state index is -0.350. The summed E-state index contributed by atoms with van der Waals surface area (Å²) in [6.45, 7) is 2.44. The van der Waals surface area contributed by atoms with Crippen molar-refractivity contribution >= 4 is 11.6 Å². The molecule has 1 aliphatic heterocycles. The predicted molar refractivity (Wildman–Crippen MR) is 105 cm³/mol. The van der Waals surface area contributed by atoms with Crippen molar-refractivity contribution in [3.63, 3.8) is 0 Å². The first-order valence-corrected chi connectivity index (χ1v) is 9.64. The highest BCUT2D eigenvalue weighted by Crippen LogP contribution is 2.59. The molecule has 2 aromatic carbocycles. The number of methoxy groups -OCH3 is 1. The average Bonchev–Trinajstić information content (AvgIpc) is 3.39. The van der Waals surface area contributed by atoms with Crippen molar-refractivity contribution in [1.29, 1.82) is 0 Å². The van der Waals surface area contributed by atoms with Crippen molar-refractivity contribution in [3.05, 3.63) is 53.8 Å². The maximum absolute atomic E-state index is 13.3. The van der Waals surface area contributed by atoms with E-state index < -0.39 is 0 Å². The van der Waals surface area contributed by atoms with E-state index in [4.69, 9.17) is 4.74 Å². The van der Waals surface area contributed by atoms with Crippen LogP contribution < -0.4 is 10.1 Å². The summed E-state index contributed by atoms with van der Waals surface area (Å²) in [6.07, 6.45) is 2.81. The Morgan fingerprint density at radius 1 is 1.29 bits per heavy atom. The number of carbonyl (C=O) groups is 1. The number of halogens is 1. The van der Waals surface area contributed by atoms with Crippen LogP contribution in [0.4, 0.5) is 10.1 Å². The fraction of sp³-hybridized carbons (Fsp3) is 0.409. The van der Waals surface area contributed by atoms with Crippen LogP contribution in [0.15, 0.2) is 42.5 Å². The van der Waals surface area contributed by atoms with Gasteiger partial charge in [-0.05, 0) is 74.2 Å². The van der Waals surface area contributed by atoms with Gasteiger partial charge in [-0.3, -0.25) is 9.69 Å². The van der Waals surface area contributed by atoms with Gasteiger partial charge in [-0.15, -0.1) is 0 Å². The highest BCUT2D eigenvalue weighted by molar-refractivity contribution is 5.95. The van der Waals surface area contributed by atoms with Crippen LogP contribution in [-0.4, -0.2) is 36.1 Å². The first-order chi connectivity index (χ1) is 13.5. The largest absolute Gasteiger partial charge is 0.508 e. The van der Waals surface area contributed by atoms with Crippen LogP contribution in [0.1, 0.15) is 24.8 Å². The molecular formula is C22H25FN2O3. The monoisotopic (exact) mass is 384 g/mol. The number of rotatable bonds is 5. The zero-order valence-corrected chi connectivity index (χ0v) is 16.0. The molecule has 4 rings (SSSR count). The van der Waals surface area contributed by atoms with Gasteiger partial charge in [0.25, 0.3) is 0 Å². The summed E-state index contributed by atoms with van der Waals surface area (Å²) in [5.41, 5.74) is 1.44. The standard InChI is InChI=1S/C22H25FN2O3/c1-28-18-5-6-20(26)15(11-18)14-25-9-7-22(8-10-25)13-19(22)21(27)24-17-4-2-3-16(23)12-17/h2-6,11-12,19,26H,7-10,13-14H2,1H3,(H,24,27). The molecule has 1 aliphatic carbocycles. The SMILES string of the molecule is COc1ccc(O)c(CN2CCC3(CC2)CC3C(=O)Nc2cccc(F)c2)c1. The van der Waals surface area contributed by atoms with Crippen molar-refractivity contribution in [2.24, 2.45) is 11.3 Å². The van der Waals surface area contributed by atoms with E-state index in [1.807, 2.05) is 6.07 Å². The molecule has 0 radical (unpaired) electrons. The maximum Gasteiger partial charge on any atom is 0.228 e. The summed E-state index contributed by atoms with van der Waals surface area (Å²) in [6, 6.07) is 11.3. The lowest BCUT2D eigenvalue weighted by molar-refractivity contribution is -0.118. The van der Waals surface area contributed by atoms with E-state index in [9.17, 15) is 14.3 Å². The number of aromatic hydroxyl groups is 1. The van der Waals surface area contributed by atoms with Gasteiger partial charge in [0, 0.05) is 23.7 Å². The van der Waals surface area contributed by atoms with Crippen LogP contribution in [0.25, 0.3) is 0 Å². The van der Waals surface area contributed by atoms with Crippen LogP contribution in [0.3, 0.4) is 0 Å².